The van der Waals surface area contributed by atoms with Crippen LogP contribution < -0.4 is 0 Å². The van der Waals surface area contributed by atoms with E-state index in [1.807, 2.05) is 0 Å². The van der Waals surface area contributed by atoms with Gasteiger partial charge in [-0.3, -0.25) is 4.68 Å². The maximum atomic E-state index is 12.9. The summed E-state index contributed by atoms with van der Waals surface area (Å²) in [6.45, 7) is 1.42. The Morgan fingerprint density at radius 1 is 1.24 bits per heavy atom. The zero-order valence-electron chi connectivity index (χ0n) is 11.2. The van der Waals surface area contributed by atoms with Crippen LogP contribution in [0.15, 0.2) is 30.3 Å². The zero-order valence-corrected chi connectivity index (χ0v) is 11.2. The first-order valence-electron chi connectivity index (χ1n) is 6.30. The highest BCUT2D eigenvalue weighted by molar-refractivity contribution is 5.59. The van der Waals surface area contributed by atoms with E-state index < -0.39 is 24.5 Å². The number of hydrogen-bond donors (Lipinski definition) is 1. The maximum absolute atomic E-state index is 12.9. The number of aliphatic hydroxyl groups is 1. The molecule has 1 aromatic carbocycles. The number of aryl methyl sites for hydroxylation is 1. The second-order valence-electron chi connectivity index (χ2n) is 4.83. The van der Waals surface area contributed by atoms with Crippen molar-refractivity contribution >= 4 is 0 Å². The fraction of sp³-hybridized carbons (Fsp3) is 0.357. The number of nitrogens with zero attached hydrogens (tertiary/aromatic N) is 2. The summed E-state index contributed by atoms with van der Waals surface area (Å²) in [7, 11) is 0. The summed E-state index contributed by atoms with van der Waals surface area (Å²) < 4.78 is 51.0. The predicted molar refractivity (Wildman–Crippen MR) is 69.0 cm³/mol. The van der Waals surface area contributed by atoms with Crippen molar-refractivity contribution in [3.05, 3.63) is 41.8 Å². The van der Waals surface area contributed by atoms with E-state index in [-0.39, 0.29) is 6.54 Å². The minimum absolute atomic E-state index is 0.278. The number of aliphatic hydroxyl groups excluding tert-OH is 1. The summed E-state index contributed by atoms with van der Waals surface area (Å²) in [5.41, 5.74) is 1.76. The molecule has 0 saturated carbocycles. The molecule has 1 heterocycles. The van der Waals surface area contributed by atoms with Gasteiger partial charge < -0.3 is 5.11 Å². The zero-order chi connectivity index (χ0) is 15.6. The summed E-state index contributed by atoms with van der Waals surface area (Å²) >= 11 is 0. The third-order valence-electron chi connectivity index (χ3n) is 2.89. The molecule has 3 nitrogen and oxygen atoms in total. The van der Waals surface area contributed by atoms with Gasteiger partial charge in [-0.15, -0.1) is 0 Å². The van der Waals surface area contributed by atoms with Gasteiger partial charge in [0.1, 0.15) is 5.82 Å². The maximum Gasteiger partial charge on any atom is 0.391 e. The van der Waals surface area contributed by atoms with Crippen LogP contribution in [-0.4, -0.2) is 27.2 Å². The van der Waals surface area contributed by atoms with E-state index in [4.69, 9.17) is 0 Å². The number of halogens is 4. The van der Waals surface area contributed by atoms with Gasteiger partial charge in [0.05, 0.1) is 30.5 Å². The van der Waals surface area contributed by atoms with Crippen molar-refractivity contribution in [2.24, 2.45) is 0 Å². The van der Waals surface area contributed by atoms with Crippen molar-refractivity contribution in [2.45, 2.75) is 32.2 Å². The molecule has 0 aliphatic carbocycles. The van der Waals surface area contributed by atoms with Crippen LogP contribution in [0, 0.1) is 12.7 Å². The highest BCUT2D eigenvalue weighted by Gasteiger charge is 2.31. The molecule has 0 spiro atoms. The second kappa shape index (κ2) is 5.85. The molecule has 1 atom stereocenters. The molecule has 0 aliphatic heterocycles. The molecular weight excluding hydrogens is 288 g/mol. The van der Waals surface area contributed by atoms with Crippen LogP contribution in [0.3, 0.4) is 0 Å². The Bertz CT molecular complexity index is 604. The molecule has 21 heavy (non-hydrogen) atoms. The van der Waals surface area contributed by atoms with Gasteiger partial charge >= 0.3 is 6.18 Å². The van der Waals surface area contributed by atoms with Crippen molar-refractivity contribution in [3.8, 4) is 11.3 Å². The van der Waals surface area contributed by atoms with Gasteiger partial charge in [-0.05, 0) is 42.8 Å². The molecule has 1 unspecified atom stereocenters. The molecule has 0 bridgehead atoms. The van der Waals surface area contributed by atoms with Crippen molar-refractivity contribution in [1.82, 2.24) is 9.78 Å². The Balaban J connectivity index is 2.23. The molecule has 2 aromatic rings. The van der Waals surface area contributed by atoms with E-state index >= 15 is 0 Å². The van der Waals surface area contributed by atoms with E-state index in [2.05, 4.69) is 5.10 Å². The topological polar surface area (TPSA) is 38.0 Å². The minimum atomic E-state index is -4.43. The fourth-order valence-electron chi connectivity index (χ4n) is 2.07. The summed E-state index contributed by atoms with van der Waals surface area (Å²) in [6.07, 6.45) is -7.31. The van der Waals surface area contributed by atoms with Crippen LogP contribution in [0.25, 0.3) is 11.3 Å². The lowest BCUT2D eigenvalue weighted by molar-refractivity contribution is -0.154. The summed E-state index contributed by atoms with van der Waals surface area (Å²) in [6, 6.07) is 7.21. The molecular formula is C14H14F4N2O. The molecule has 114 valence electrons. The van der Waals surface area contributed by atoms with Crippen LogP contribution in [0.4, 0.5) is 17.6 Å². The molecule has 0 amide bonds. The van der Waals surface area contributed by atoms with E-state index in [0.717, 1.165) is 0 Å². The second-order valence-corrected chi connectivity index (χ2v) is 4.83. The van der Waals surface area contributed by atoms with Crippen LogP contribution in [0.2, 0.25) is 0 Å². The third kappa shape index (κ3) is 4.29. The quantitative estimate of drug-likeness (QED) is 0.880. The van der Waals surface area contributed by atoms with E-state index in [9.17, 15) is 22.7 Å². The smallest absolute Gasteiger partial charge is 0.391 e. The average Bonchev–Trinajstić information content (AvgIpc) is 2.68. The average molecular weight is 302 g/mol. The first kappa shape index (κ1) is 15.5. The molecule has 2 rings (SSSR count). The minimum Gasteiger partial charge on any atom is -0.391 e. The van der Waals surface area contributed by atoms with Crippen LogP contribution in [0.5, 0.6) is 0 Å². The monoisotopic (exact) mass is 302 g/mol. The molecule has 0 aliphatic rings. The molecule has 0 radical (unpaired) electrons. The molecule has 7 heteroatoms. The summed E-state index contributed by atoms with van der Waals surface area (Å²) in [4.78, 5) is 0. The fourth-order valence-corrected chi connectivity index (χ4v) is 2.07. The van der Waals surface area contributed by atoms with Crippen molar-refractivity contribution in [1.29, 1.82) is 0 Å². The van der Waals surface area contributed by atoms with Crippen LogP contribution in [0.1, 0.15) is 12.1 Å². The normalized spacial score (nSPS) is 13.4. The SMILES string of the molecule is Cc1cc(-c2ccc(F)cc2)n(CC(O)CC(F)(F)F)n1. The van der Waals surface area contributed by atoms with Gasteiger partial charge in [-0.25, -0.2) is 4.39 Å². The molecule has 1 N–H and O–H groups in total. The van der Waals surface area contributed by atoms with Gasteiger partial charge in [-0.2, -0.15) is 18.3 Å². The first-order valence-corrected chi connectivity index (χ1v) is 6.30. The number of alkyl halides is 3. The predicted octanol–water partition coefficient (Wildman–Crippen LogP) is 3.31. The lowest BCUT2D eigenvalue weighted by Crippen LogP contribution is -2.24. The van der Waals surface area contributed by atoms with Crippen molar-refractivity contribution in [3.63, 3.8) is 0 Å². The van der Waals surface area contributed by atoms with Gasteiger partial charge in [0, 0.05) is 0 Å². The standard InChI is InChI=1S/C14H14F4N2O/c1-9-6-13(10-2-4-11(15)5-3-10)20(19-9)8-12(21)7-14(16,17)18/h2-6,12,21H,7-8H2,1H3. The van der Waals surface area contributed by atoms with Gasteiger partial charge in [0.2, 0.25) is 0 Å². The van der Waals surface area contributed by atoms with E-state index in [0.29, 0.717) is 17.0 Å². The van der Waals surface area contributed by atoms with Crippen molar-refractivity contribution in [2.75, 3.05) is 0 Å². The van der Waals surface area contributed by atoms with Crippen LogP contribution in [-0.2, 0) is 6.54 Å². The lowest BCUT2D eigenvalue weighted by Gasteiger charge is -2.15. The third-order valence-corrected chi connectivity index (χ3v) is 2.89. The lowest BCUT2D eigenvalue weighted by atomic mass is 10.1. The Morgan fingerprint density at radius 2 is 1.86 bits per heavy atom. The largest absolute Gasteiger partial charge is 0.391 e. The summed E-state index contributed by atoms with van der Waals surface area (Å²) in [5, 5.41) is 13.6. The number of hydrogen-bond acceptors (Lipinski definition) is 2. The first-order chi connectivity index (χ1) is 9.74. The molecule has 0 saturated heterocycles. The number of benzene rings is 1. The van der Waals surface area contributed by atoms with Gasteiger partial charge in [0.25, 0.3) is 0 Å². The molecule has 1 aromatic heterocycles. The summed E-state index contributed by atoms with van der Waals surface area (Å²) in [5.74, 6) is -0.404. The van der Waals surface area contributed by atoms with Crippen molar-refractivity contribution < 1.29 is 22.7 Å². The Hall–Kier alpha value is -1.89. The number of rotatable bonds is 4. The van der Waals surface area contributed by atoms with Gasteiger partial charge in [-0.1, -0.05) is 0 Å². The van der Waals surface area contributed by atoms with Crippen LogP contribution >= 0.6 is 0 Å². The van der Waals surface area contributed by atoms with E-state index in [1.54, 1.807) is 13.0 Å². The Morgan fingerprint density at radius 3 is 2.43 bits per heavy atom. The molecule has 0 fully saturated rings. The van der Waals surface area contributed by atoms with Gasteiger partial charge in [0.15, 0.2) is 0 Å². The highest BCUT2D eigenvalue weighted by atomic mass is 19.4. The Kier molecular flexibility index (Phi) is 4.32. The highest BCUT2D eigenvalue weighted by Crippen LogP contribution is 2.25. The van der Waals surface area contributed by atoms with E-state index in [1.165, 1.54) is 28.9 Å². The number of aromatic nitrogens is 2. The Labute approximate surface area is 118 Å².